The normalized spacial score (nSPS) is 12.9. The number of aryl methyl sites for hydroxylation is 2. The third-order valence-electron chi connectivity index (χ3n) is 5.67. The van der Waals surface area contributed by atoms with Crippen molar-refractivity contribution >= 4 is 17.3 Å². The van der Waals surface area contributed by atoms with Gasteiger partial charge in [-0.25, -0.2) is 4.39 Å². The first-order valence-electron chi connectivity index (χ1n) is 11.2. The highest BCUT2D eigenvalue weighted by atomic mass is 19.1. The van der Waals surface area contributed by atoms with E-state index in [1.807, 2.05) is 6.07 Å². The minimum Gasteiger partial charge on any atom is -0.489 e. The molecule has 1 heterocycles. The Morgan fingerprint density at radius 3 is 2.69 bits per heavy atom. The Kier molecular flexibility index (Phi) is 7.05. The van der Waals surface area contributed by atoms with Crippen LogP contribution in [-0.4, -0.2) is 19.1 Å². The predicted octanol–water partition coefficient (Wildman–Crippen LogP) is 5.98. The summed E-state index contributed by atoms with van der Waals surface area (Å²) in [6.45, 7) is 3.43. The maximum Gasteiger partial charge on any atom is 0.306 e. The number of carbonyl (C=O) groups is 1. The monoisotopic (exact) mass is 433 g/mol. The van der Waals surface area contributed by atoms with E-state index >= 15 is 0 Å². The van der Waals surface area contributed by atoms with Gasteiger partial charge in [0.1, 0.15) is 18.2 Å². The molecule has 0 saturated heterocycles. The minimum atomic E-state index is -0.368. The second kappa shape index (κ2) is 10.3. The molecule has 32 heavy (non-hydrogen) atoms. The first-order valence-corrected chi connectivity index (χ1v) is 11.2. The average molecular weight is 434 g/mol. The second-order valence-corrected chi connectivity index (χ2v) is 7.90. The topological polar surface area (TPSA) is 38.8 Å². The highest BCUT2D eigenvalue weighted by Crippen LogP contribution is 2.34. The van der Waals surface area contributed by atoms with Crippen molar-refractivity contribution in [3.05, 3.63) is 89.2 Å². The number of hydrogen-bond acceptors (Lipinski definition) is 4. The number of esters is 1. The van der Waals surface area contributed by atoms with Crippen LogP contribution in [0.1, 0.15) is 36.5 Å². The highest BCUT2D eigenvalue weighted by Gasteiger charge is 2.18. The van der Waals surface area contributed by atoms with Crippen molar-refractivity contribution in [2.75, 3.05) is 18.1 Å². The van der Waals surface area contributed by atoms with E-state index in [4.69, 9.17) is 9.47 Å². The van der Waals surface area contributed by atoms with Crippen LogP contribution in [0.5, 0.6) is 5.75 Å². The van der Waals surface area contributed by atoms with E-state index in [0.717, 1.165) is 24.9 Å². The number of ether oxygens (including phenoxy) is 2. The maximum absolute atomic E-state index is 14.4. The molecule has 3 aromatic rings. The van der Waals surface area contributed by atoms with Gasteiger partial charge in [-0.15, -0.1) is 0 Å². The zero-order valence-corrected chi connectivity index (χ0v) is 18.4. The van der Waals surface area contributed by atoms with Crippen LogP contribution < -0.4 is 9.64 Å². The van der Waals surface area contributed by atoms with Crippen LogP contribution in [-0.2, 0) is 29.0 Å². The third-order valence-corrected chi connectivity index (χ3v) is 5.67. The lowest BCUT2D eigenvalue weighted by Crippen LogP contribution is -2.24. The van der Waals surface area contributed by atoms with Crippen LogP contribution in [0.3, 0.4) is 0 Å². The number of para-hydroxylation sites is 1. The Labute approximate surface area is 188 Å². The van der Waals surface area contributed by atoms with E-state index in [1.54, 1.807) is 19.1 Å². The Balaban J connectivity index is 1.42. The van der Waals surface area contributed by atoms with Crippen molar-refractivity contribution in [2.45, 2.75) is 39.2 Å². The molecule has 0 spiro atoms. The first kappa shape index (κ1) is 21.9. The van der Waals surface area contributed by atoms with Gasteiger partial charge in [-0.3, -0.25) is 4.79 Å². The first-order chi connectivity index (χ1) is 15.6. The number of hydrogen-bond donors (Lipinski definition) is 0. The van der Waals surface area contributed by atoms with Gasteiger partial charge in [0.15, 0.2) is 0 Å². The predicted molar refractivity (Wildman–Crippen MR) is 124 cm³/mol. The molecule has 0 fully saturated rings. The van der Waals surface area contributed by atoms with Crippen molar-refractivity contribution in [3.8, 4) is 5.75 Å². The van der Waals surface area contributed by atoms with E-state index in [2.05, 4.69) is 47.4 Å². The van der Waals surface area contributed by atoms with Crippen LogP contribution in [0.15, 0.2) is 66.7 Å². The summed E-state index contributed by atoms with van der Waals surface area (Å²) in [4.78, 5) is 13.8. The Bertz CT molecular complexity index is 1070. The third kappa shape index (κ3) is 5.28. The summed E-state index contributed by atoms with van der Waals surface area (Å²) in [7, 11) is 0. The van der Waals surface area contributed by atoms with E-state index in [1.165, 1.54) is 23.0 Å². The van der Waals surface area contributed by atoms with Gasteiger partial charge in [0.25, 0.3) is 0 Å². The summed E-state index contributed by atoms with van der Waals surface area (Å²) in [5.74, 6) is -0.211. The van der Waals surface area contributed by atoms with Gasteiger partial charge in [-0.05, 0) is 67.1 Å². The zero-order chi connectivity index (χ0) is 22.3. The van der Waals surface area contributed by atoms with Crippen LogP contribution >= 0.6 is 0 Å². The molecule has 166 valence electrons. The van der Waals surface area contributed by atoms with Gasteiger partial charge in [0, 0.05) is 30.4 Å². The summed E-state index contributed by atoms with van der Waals surface area (Å²) in [5, 5.41) is 0. The van der Waals surface area contributed by atoms with Crippen LogP contribution in [0.4, 0.5) is 15.8 Å². The van der Waals surface area contributed by atoms with E-state index < -0.39 is 0 Å². The molecule has 0 atom stereocenters. The van der Waals surface area contributed by atoms with E-state index in [-0.39, 0.29) is 18.2 Å². The van der Waals surface area contributed by atoms with Gasteiger partial charge >= 0.3 is 5.97 Å². The molecular weight excluding hydrogens is 405 g/mol. The van der Waals surface area contributed by atoms with Crippen molar-refractivity contribution in [2.24, 2.45) is 0 Å². The number of benzene rings is 3. The van der Waals surface area contributed by atoms with Crippen molar-refractivity contribution in [3.63, 3.8) is 0 Å². The molecule has 1 aliphatic rings. The highest BCUT2D eigenvalue weighted by molar-refractivity contribution is 5.70. The molecule has 1 aliphatic heterocycles. The second-order valence-electron chi connectivity index (χ2n) is 7.90. The quantitative estimate of drug-likeness (QED) is 0.409. The number of halogens is 1. The number of anilines is 2. The fourth-order valence-corrected chi connectivity index (χ4v) is 4.04. The van der Waals surface area contributed by atoms with Gasteiger partial charge in [0.05, 0.1) is 6.61 Å². The van der Waals surface area contributed by atoms with Crippen LogP contribution in [0.2, 0.25) is 0 Å². The number of carbonyl (C=O) groups excluding carboxylic acids is 1. The largest absolute Gasteiger partial charge is 0.489 e. The molecule has 4 rings (SSSR count). The molecule has 0 aliphatic carbocycles. The van der Waals surface area contributed by atoms with E-state index in [9.17, 15) is 9.18 Å². The standard InChI is InChI=1S/C27H28FNO3/c1-2-31-27(30)15-13-21-12-14-24(18-25(21)28)32-19-20-10-11-22-7-6-16-29(26(22)17-20)23-8-4-3-5-9-23/h3-5,8-12,14,17-18H,2,6-7,13,15-16,19H2,1H3. The molecule has 0 unspecified atom stereocenters. The number of fused-ring (bicyclic) bond motifs is 1. The molecule has 5 heteroatoms. The minimum absolute atomic E-state index is 0.165. The molecule has 3 aromatic carbocycles. The summed E-state index contributed by atoms with van der Waals surface area (Å²) in [5.41, 5.74) is 5.26. The molecule has 0 amide bonds. The van der Waals surface area contributed by atoms with E-state index in [0.29, 0.717) is 30.9 Å². The van der Waals surface area contributed by atoms with Gasteiger partial charge in [-0.1, -0.05) is 36.4 Å². The van der Waals surface area contributed by atoms with Crippen molar-refractivity contribution in [1.29, 1.82) is 0 Å². The lowest BCUT2D eigenvalue weighted by atomic mass is 9.99. The molecule has 0 N–H and O–H groups in total. The number of rotatable bonds is 8. The summed E-state index contributed by atoms with van der Waals surface area (Å²) in [6, 6.07) is 21.6. The van der Waals surface area contributed by atoms with Crippen LogP contribution in [0.25, 0.3) is 0 Å². The van der Waals surface area contributed by atoms with Gasteiger partial charge in [-0.2, -0.15) is 0 Å². The fraction of sp³-hybridized carbons (Fsp3) is 0.296. The SMILES string of the molecule is CCOC(=O)CCc1ccc(OCc2ccc3c(c2)N(c2ccccc2)CCC3)cc1F. The number of nitrogens with zero attached hydrogens (tertiary/aromatic N) is 1. The van der Waals surface area contributed by atoms with Crippen molar-refractivity contribution < 1.29 is 18.7 Å². The van der Waals surface area contributed by atoms with Crippen molar-refractivity contribution in [1.82, 2.24) is 0 Å². The Morgan fingerprint density at radius 2 is 1.91 bits per heavy atom. The van der Waals surface area contributed by atoms with Crippen LogP contribution in [0, 0.1) is 5.82 Å². The summed E-state index contributed by atoms with van der Waals surface area (Å²) in [6.07, 6.45) is 2.67. The molecular formula is C27H28FNO3. The molecule has 4 nitrogen and oxygen atoms in total. The average Bonchev–Trinajstić information content (AvgIpc) is 2.82. The molecule has 0 radical (unpaired) electrons. The van der Waals surface area contributed by atoms with Gasteiger partial charge in [0.2, 0.25) is 0 Å². The lowest BCUT2D eigenvalue weighted by Gasteiger charge is -2.32. The van der Waals surface area contributed by atoms with Gasteiger partial charge < -0.3 is 14.4 Å². The lowest BCUT2D eigenvalue weighted by molar-refractivity contribution is -0.143. The molecule has 0 aromatic heterocycles. The summed E-state index contributed by atoms with van der Waals surface area (Å²) >= 11 is 0. The summed E-state index contributed by atoms with van der Waals surface area (Å²) < 4.78 is 25.2. The fourth-order valence-electron chi connectivity index (χ4n) is 4.04. The zero-order valence-electron chi connectivity index (χ0n) is 18.4. The maximum atomic E-state index is 14.4. The Hall–Kier alpha value is -3.34. The molecule has 0 saturated carbocycles. The smallest absolute Gasteiger partial charge is 0.306 e. The Morgan fingerprint density at radius 1 is 1.06 bits per heavy atom. The molecule has 0 bridgehead atoms.